The van der Waals surface area contributed by atoms with Crippen molar-refractivity contribution in [3.8, 4) is 17.2 Å². The lowest BCUT2D eigenvalue weighted by molar-refractivity contribution is -0.136. The van der Waals surface area contributed by atoms with Crippen molar-refractivity contribution in [1.29, 1.82) is 0 Å². The molecular formula is C26H23Cl2N3O6. The van der Waals surface area contributed by atoms with Gasteiger partial charge in [0.15, 0.2) is 11.5 Å². The molecule has 2 N–H and O–H groups in total. The molecule has 0 atom stereocenters. The van der Waals surface area contributed by atoms with Crippen LogP contribution in [0, 0.1) is 0 Å². The fourth-order valence-corrected chi connectivity index (χ4v) is 3.25. The molecule has 0 fully saturated rings. The zero-order valence-electron chi connectivity index (χ0n) is 19.9. The van der Waals surface area contributed by atoms with E-state index in [-0.39, 0.29) is 10.8 Å². The Labute approximate surface area is 223 Å². The van der Waals surface area contributed by atoms with Gasteiger partial charge in [0.25, 0.3) is 0 Å². The maximum Gasteiger partial charge on any atom is 0.343 e. The highest BCUT2D eigenvalue weighted by Crippen LogP contribution is 2.29. The molecule has 0 unspecified atom stereocenters. The van der Waals surface area contributed by atoms with Gasteiger partial charge in [-0.05, 0) is 80.1 Å². The fourth-order valence-electron chi connectivity index (χ4n) is 2.95. The number of benzene rings is 3. The predicted molar refractivity (Wildman–Crippen MR) is 141 cm³/mol. The molecule has 0 aliphatic rings. The number of nitrogens with zero attached hydrogens (tertiary/aromatic N) is 1. The lowest BCUT2D eigenvalue weighted by atomic mass is 10.2. The molecule has 0 radical (unpaired) electrons. The van der Waals surface area contributed by atoms with E-state index in [1.165, 1.54) is 30.5 Å². The molecule has 0 saturated carbocycles. The molecule has 0 bridgehead atoms. The van der Waals surface area contributed by atoms with Crippen LogP contribution in [0.15, 0.2) is 65.8 Å². The van der Waals surface area contributed by atoms with Gasteiger partial charge in [0.1, 0.15) is 5.75 Å². The van der Waals surface area contributed by atoms with E-state index in [0.29, 0.717) is 46.5 Å². The summed E-state index contributed by atoms with van der Waals surface area (Å²) in [5, 5.41) is 6.73. The van der Waals surface area contributed by atoms with E-state index in [4.69, 9.17) is 37.4 Å². The summed E-state index contributed by atoms with van der Waals surface area (Å²) in [6.07, 6.45) is 1.31. The average Bonchev–Trinajstić information content (AvgIpc) is 2.88. The van der Waals surface area contributed by atoms with Crippen LogP contribution in [0.2, 0.25) is 10.0 Å². The summed E-state index contributed by atoms with van der Waals surface area (Å²) >= 11 is 11.7. The molecular weight excluding hydrogens is 521 g/mol. The van der Waals surface area contributed by atoms with E-state index in [0.717, 1.165) is 0 Å². The molecule has 0 heterocycles. The molecule has 0 spiro atoms. The lowest BCUT2D eigenvalue weighted by Gasteiger charge is -2.11. The number of esters is 1. The van der Waals surface area contributed by atoms with E-state index in [2.05, 4.69) is 15.8 Å². The smallest absolute Gasteiger partial charge is 0.343 e. The number of carbonyl (C=O) groups is 3. The number of carbonyl (C=O) groups excluding carboxylic acids is 3. The van der Waals surface area contributed by atoms with Crippen molar-refractivity contribution in [3.63, 3.8) is 0 Å². The quantitative estimate of drug-likeness (QED) is 0.127. The fraction of sp³-hybridized carbons (Fsp3) is 0.154. The zero-order chi connectivity index (χ0) is 26.8. The summed E-state index contributed by atoms with van der Waals surface area (Å²) in [6.45, 7) is 4.49. The minimum atomic E-state index is -0.992. The third kappa shape index (κ3) is 7.96. The van der Waals surface area contributed by atoms with Crippen molar-refractivity contribution >= 4 is 52.9 Å². The summed E-state index contributed by atoms with van der Waals surface area (Å²) in [5.74, 6) is -1.34. The van der Waals surface area contributed by atoms with Crippen LogP contribution in [0.1, 0.15) is 29.8 Å². The van der Waals surface area contributed by atoms with E-state index in [1.807, 2.05) is 6.92 Å². The number of rotatable bonds is 9. The minimum absolute atomic E-state index is 0.211. The van der Waals surface area contributed by atoms with Crippen LogP contribution in [0.3, 0.4) is 0 Å². The summed E-state index contributed by atoms with van der Waals surface area (Å²) in [4.78, 5) is 36.7. The Kier molecular flexibility index (Phi) is 9.88. The van der Waals surface area contributed by atoms with Crippen LogP contribution < -0.4 is 25.0 Å². The number of anilines is 1. The molecule has 3 aromatic rings. The molecule has 3 rings (SSSR count). The van der Waals surface area contributed by atoms with Crippen molar-refractivity contribution in [3.05, 3.63) is 81.8 Å². The number of halogens is 2. The van der Waals surface area contributed by atoms with Crippen LogP contribution in [-0.4, -0.2) is 37.2 Å². The highest BCUT2D eigenvalue weighted by atomic mass is 35.5. The zero-order valence-corrected chi connectivity index (χ0v) is 21.4. The molecule has 192 valence electrons. The first-order chi connectivity index (χ1) is 17.8. The maximum atomic E-state index is 12.6. The standard InChI is InChI=1S/C26H23Cl2N3O6/c1-3-35-19-9-6-17(7-10-19)26(34)37-22-12-5-16(13-23(22)36-4-2)15-29-31-25(33)24(32)30-18-8-11-20(27)21(28)14-18/h5-15H,3-4H2,1-2H3,(H,30,32)(H,31,33). The number of hydrogen-bond acceptors (Lipinski definition) is 7. The second kappa shape index (κ2) is 13.3. The number of hydrogen-bond donors (Lipinski definition) is 2. The second-order valence-electron chi connectivity index (χ2n) is 7.27. The molecule has 3 aromatic carbocycles. The topological polar surface area (TPSA) is 115 Å². The number of hydrazone groups is 1. The van der Waals surface area contributed by atoms with Crippen molar-refractivity contribution in [1.82, 2.24) is 5.43 Å². The van der Waals surface area contributed by atoms with Gasteiger partial charge in [0, 0.05) is 5.69 Å². The molecule has 9 nitrogen and oxygen atoms in total. The summed E-state index contributed by atoms with van der Waals surface area (Å²) in [6, 6.07) is 15.7. The van der Waals surface area contributed by atoms with Gasteiger partial charge in [0.05, 0.1) is 35.0 Å². The normalized spacial score (nSPS) is 10.6. The van der Waals surface area contributed by atoms with E-state index >= 15 is 0 Å². The average molecular weight is 544 g/mol. The minimum Gasteiger partial charge on any atom is -0.494 e. The van der Waals surface area contributed by atoms with Crippen LogP contribution in [0.25, 0.3) is 0 Å². The first-order valence-corrected chi connectivity index (χ1v) is 11.9. The van der Waals surface area contributed by atoms with Gasteiger partial charge in [-0.2, -0.15) is 5.10 Å². The maximum absolute atomic E-state index is 12.6. The summed E-state index contributed by atoms with van der Waals surface area (Å²) < 4.78 is 16.5. The number of amides is 2. The predicted octanol–water partition coefficient (Wildman–Crippen LogP) is 5.10. The highest BCUT2D eigenvalue weighted by molar-refractivity contribution is 6.43. The van der Waals surface area contributed by atoms with Crippen molar-refractivity contribution < 1.29 is 28.6 Å². The third-order valence-corrected chi connectivity index (χ3v) is 5.37. The largest absolute Gasteiger partial charge is 0.494 e. The molecule has 0 aliphatic heterocycles. The van der Waals surface area contributed by atoms with Crippen molar-refractivity contribution in [2.75, 3.05) is 18.5 Å². The first kappa shape index (κ1) is 27.5. The van der Waals surface area contributed by atoms with Crippen LogP contribution in [0.5, 0.6) is 17.2 Å². The first-order valence-electron chi connectivity index (χ1n) is 11.1. The Morgan fingerprint density at radius 3 is 2.24 bits per heavy atom. The van der Waals surface area contributed by atoms with Gasteiger partial charge in [-0.15, -0.1) is 0 Å². The third-order valence-electron chi connectivity index (χ3n) is 4.63. The Bertz CT molecular complexity index is 1310. The van der Waals surface area contributed by atoms with Gasteiger partial charge in [0.2, 0.25) is 0 Å². The van der Waals surface area contributed by atoms with Crippen LogP contribution in [0.4, 0.5) is 5.69 Å². The van der Waals surface area contributed by atoms with Gasteiger partial charge in [-0.3, -0.25) is 9.59 Å². The second-order valence-corrected chi connectivity index (χ2v) is 8.08. The van der Waals surface area contributed by atoms with Gasteiger partial charge >= 0.3 is 17.8 Å². The van der Waals surface area contributed by atoms with Crippen molar-refractivity contribution in [2.45, 2.75) is 13.8 Å². The van der Waals surface area contributed by atoms with E-state index in [1.54, 1.807) is 43.3 Å². The van der Waals surface area contributed by atoms with Crippen LogP contribution >= 0.6 is 23.2 Å². The monoisotopic (exact) mass is 543 g/mol. The van der Waals surface area contributed by atoms with Gasteiger partial charge in [-0.25, -0.2) is 10.2 Å². The Hall–Kier alpha value is -4.08. The van der Waals surface area contributed by atoms with Gasteiger partial charge < -0.3 is 19.5 Å². The number of nitrogens with one attached hydrogen (secondary N) is 2. The summed E-state index contributed by atoms with van der Waals surface area (Å²) in [5.41, 5.74) is 3.30. The van der Waals surface area contributed by atoms with E-state index < -0.39 is 17.8 Å². The Morgan fingerprint density at radius 2 is 1.57 bits per heavy atom. The molecule has 0 aromatic heterocycles. The SMILES string of the molecule is CCOc1ccc(C(=O)Oc2ccc(C=NNC(=O)C(=O)Nc3ccc(Cl)c(Cl)c3)cc2OCC)cc1. The molecule has 11 heteroatoms. The molecule has 0 saturated heterocycles. The molecule has 2 amide bonds. The Balaban J connectivity index is 1.62. The molecule has 0 aliphatic carbocycles. The highest BCUT2D eigenvalue weighted by Gasteiger charge is 2.15. The van der Waals surface area contributed by atoms with Crippen molar-refractivity contribution in [2.24, 2.45) is 5.10 Å². The number of ether oxygens (including phenoxy) is 3. The summed E-state index contributed by atoms with van der Waals surface area (Å²) in [7, 11) is 0. The molecule has 37 heavy (non-hydrogen) atoms. The Morgan fingerprint density at radius 1 is 0.838 bits per heavy atom. The van der Waals surface area contributed by atoms with Gasteiger partial charge in [-0.1, -0.05) is 23.2 Å². The van der Waals surface area contributed by atoms with E-state index in [9.17, 15) is 14.4 Å². The lowest BCUT2D eigenvalue weighted by Crippen LogP contribution is -2.32. The van der Waals surface area contributed by atoms with Crippen LogP contribution in [-0.2, 0) is 9.59 Å².